The number of aryl methyl sites for hydroxylation is 2. The fraction of sp³-hybridized carbons (Fsp3) is 0.176. The minimum atomic E-state index is -1.79. The van der Waals surface area contributed by atoms with Crippen LogP contribution in [-0.4, -0.2) is 28.5 Å². The van der Waals surface area contributed by atoms with Crippen LogP contribution < -0.4 is 9.47 Å². The first-order valence-corrected chi connectivity index (χ1v) is 8.40. The Kier molecular flexibility index (Phi) is 4.73. The third kappa shape index (κ3) is 3.87. The highest BCUT2D eigenvalue weighted by Crippen LogP contribution is 2.19. The largest absolute Gasteiger partial charge is 0.565 e. The SMILES string of the molecule is Cc1cccc(OC2=N[S+]([O-])N=C(Oc3cccc(C)c3)N2C)c1. The number of benzene rings is 2. The van der Waals surface area contributed by atoms with Gasteiger partial charge in [-0.25, -0.2) is 4.90 Å². The van der Waals surface area contributed by atoms with Crippen LogP contribution in [-0.2, 0) is 11.5 Å². The molecule has 1 heterocycles. The third-order valence-electron chi connectivity index (χ3n) is 3.28. The van der Waals surface area contributed by atoms with Gasteiger partial charge in [-0.05, 0) is 49.2 Å². The number of hydrogen-bond donors (Lipinski definition) is 0. The van der Waals surface area contributed by atoms with Crippen molar-refractivity contribution in [1.82, 2.24) is 4.90 Å². The molecule has 0 atom stereocenters. The molecule has 3 rings (SSSR count). The third-order valence-corrected chi connectivity index (χ3v) is 3.91. The van der Waals surface area contributed by atoms with E-state index in [2.05, 4.69) is 8.80 Å². The first kappa shape index (κ1) is 16.4. The van der Waals surface area contributed by atoms with Gasteiger partial charge in [-0.2, -0.15) is 0 Å². The molecule has 0 saturated heterocycles. The van der Waals surface area contributed by atoms with Gasteiger partial charge in [-0.15, -0.1) is 0 Å². The Hall–Kier alpha value is -2.51. The summed E-state index contributed by atoms with van der Waals surface area (Å²) < 4.78 is 31.2. The average molecular weight is 343 g/mol. The summed E-state index contributed by atoms with van der Waals surface area (Å²) in [4.78, 5) is 1.52. The molecule has 0 unspecified atom stereocenters. The fourth-order valence-corrected chi connectivity index (χ4v) is 2.73. The predicted octanol–water partition coefficient (Wildman–Crippen LogP) is 3.00. The topological polar surface area (TPSA) is 69.5 Å². The monoisotopic (exact) mass is 343 g/mol. The number of nitrogens with zero attached hydrogens (tertiary/aromatic N) is 3. The molecule has 0 radical (unpaired) electrons. The Labute approximate surface area is 143 Å². The average Bonchev–Trinajstić information content (AvgIpc) is 2.52. The molecule has 0 N–H and O–H groups in total. The Morgan fingerprint density at radius 3 is 1.75 bits per heavy atom. The molecule has 0 aromatic heterocycles. The normalized spacial score (nSPS) is 14.9. The van der Waals surface area contributed by atoms with Gasteiger partial charge in [-0.3, -0.25) is 0 Å². The smallest absolute Gasteiger partial charge is 0.354 e. The van der Waals surface area contributed by atoms with E-state index in [9.17, 15) is 4.55 Å². The summed E-state index contributed by atoms with van der Waals surface area (Å²) in [5.74, 6) is 1.21. The maximum absolute atomic E-state index is 11.9. The molecule has 0 saturated carbocycles. The Morgan fingerprint density at radius 1 is 0.875 bits per heavy atom. The zero-order valence-corrected chi connectivity index (χ0v) is 14.4. The highest BCUT2D eigenvalue weighted by molar-refractivity contribution is 7.89. The molecular weight excluding hydrogens is 326 g/mol. The van der Waals surface area contributed by atoms with Gasteiger partial charge in [0.15, 0.2) is 0 Å². The van der Waals surface area contributed by atoms with Crippen molar-refractivity contribution in [3.8, 4) is 11.5 Å². The van der Waals surface area contributed by atoms with Crippen molar-refractivity contribution in [2.45, 2.75) is 13.8 Å². The van der Waals surface area contributed by atoms with Gasteiger partial charge >= 0.3 is 12.0 Å². The van der Waals surface area contributed by atoms with Gasteiger partial charge in [0.1, 0.15) is 11.5 Å². The number of amidine groups is 2. The van der Waals surface area contributed by atoms with Crippen LogP contribution in [0.15, 0.2) is 57.3 Å². The lowest BCUT2D eigenvalue weighted by molar-refractivity contribution is 0.408. The van der Waals surface area contributed by atoms with Crippen molar-refractivity contribution in [2.24, 2.45) is 8.80 Å². The second-order valence-electron chi connectivity index (χ2n) is 5.37. The molecule has 24 heavy (non-hydrogen) atoms. The Morgan fingerprint density at radius 2 is 1.33 bits per heavy atom. The molecule has 7 heteroatoms. The van der Waals surface area contributed by atoms with Crippen molar-refractivity contribution in [1.29, 1.82) is 0 Å². The quantitative estimate of drug-likeness (QED) is 0.786. The number of ether oxygens (including phenoxy) is 2. The summed E-state index contributed by atoms with van der Waals surface area (Å²) >= 11 is -1.79. The Balaban J connectivity index is 1.78. The first-order valence-electron chi connectivity index (χ1n) is 7.33. The van der Waals surface area contributed by atoms with Gasteiger partial charge in [0.2, 0.25) is 0 Å². The summed E-state index contributed by atoms with van der Waals surface area (Å²) in [6.07, 6.45) is 0. The molecule has 1 aliphatic heterocycles. The summed E-state index contributed by atoms with van der Waals surface area (Å²) in [7, 11) is 1.69. The van der Waals surface area contributed by atoms with E-state index < -0.39 is 11.5 Å². The van der Waals surface area contributed by atoms with E-state index in [1.807, 2.05) is 50.2 Å². The molecule has 0 amide bonds. The van der Waals surface area contributed by atoms with Crippen molar-refractivity contribution in [2.75, 3.05) is 7.05 Å². The molecular formula is C17H17N3O3S. The van der Waals surface area contributed by atoms with E-state index in [1.54, 1.807) is 19.2 Å². The van der Waals surface area contributed by atoms with Crippen LogP contribution in [0.5, 0.6) is 11.5 Å². The molecule has 0 bridgehead atoms. The van der Waals surface area contributed by atoms with Crippen LogP contribution >= 0.6 is 0 Å². The zero-order chi connectivity index (χ0) is 17.1. The van der Waals surface area contributed by atoms with E-state index in [4.69, 9.17) is 9.47 Å². The van der Waals surface area contributed by atoms with E-state index in [0.29, 0.717) is 11.5 Å². The van der Waals surface area contributed by atoms with Crippen molar-refractivity contribution in [3.63, 3.8) is 0 Å². The minimum absolute atomic E-state index is 0.164. The predicted molar refractivity (Wildman–Crippen MR) is 94.4 cm³/mol. The van der Waals surface area contributed by atoms with Crippen molar-refractivity contribution < 1.29 is 14.0 Å². The maximum Gasteiger partial charge on any atom is 0.354 e. The molecule has 2 aromatic rings. The van der Waals surface area contributed by atoms with Crippen LogP contribution in [0.4, 0.5) is 0 Å². The first-order chi connectivity index (χ1) is 11.5. The van der Waals surface area contributed by atoms with Crippen LogP contribution in [0.3, 0.4) is 0 Å². The van der Waals surface area contributed by atoms with Crippen molar-refractivity contribution >= 4 is 23.6 Å². The zero-order valence-electron chi connectivity index (χ0n) is 13.6. The lowest BCUT2D eigenvalue weighted by Gasteiger charge is -2.22. The molecule has 124 valence electrons. The molecule has 2 aromatic carbocycles. The van der Waals surface area contributed by atoms with Crippen LogP contribution in [0.1, 0.15) is 11.1 Å². The molecule has 0 spiro atoms. The van der Waals surface area contributed by atoms with Gasteiger partial charge in [-0.1, -0.05) is 24.3 Å². The summed E-state index contributed by atoms with van der Waals surface area (Å²) in [5.41, 5.74) is 2.11. The van der Waals surface area contributed by atoms with Gasteiger partial charge in [0, 0.05) is 15.8 Å². The second kappa shape index (κ2) is 6.94. The molecule has 0 fully saturated rings. The van der Waals surface area contributed by atoms with Crippen LogP contribution in [0.25, 0.3) is 0 Å². The summed E-state index contributed by atoms with van der Waals surface area (Å²) in [6, 6.07) is 15.4. The molecule has 1 aliphatic rings. The lowest BCUT2D eigenvalue weighted by Crippen LogP contribution is -2.43. The lowest BCUT2D eigenvalue weighted by atomic mass is 10.2. The molecule has 6 nitrogen and oxygen atoms in total. The van der Waals surface area contributed by atoms with Crippen LogP contribution in [0, 0.1) is 13.8 Å². The Bertz CT molecular complexity index is 742. The standard InChI is InChI=1S/C17H17N3O3S/c1-12-6-4-8-14(10-12)22-16-18-24(21)19-17(20(16)3)23-15-9-5-7-13(2)11-15/h4-11H,1-3H3. The maximum atomic E-state index is 11.9. The summed E-state index contributed by atoms with van der Waals surface area (Å²) in [5, 5.41) is 0. The number of hydrogen-bond acceptors (Lipinski definition) is 6. The van der Waals surface area contributed by atoms with Gasteiger partial charge in [0.25, 0.3) is 11.5 Å². The van der Waals surface area contributed by atoms with Gasteiger partial charge < -0.3 is 14.0 Å². The second-order valence-corrected chi connectivity index (χ2v) is 6.20. The summed E-state index contributed by atoms with van der Waals surface area (Å²) in [6.45, 7) is 3.93. The minimum Gasteiger partial charge on any atom is -0.565 e. The van der Waals surface area contributed by atoms with Crippen molar-refractivity contribution in [3.05, 3.63) is 59.7 Å². The highest BCUT2D eigenvalue weighted by atomic mass is 32.2. The van der Waals surface area contributed by atoms with E-state index in [0.717, 1.165) is 11.1 Å². The highest BCUT2D eigenvalue weighted by Gasteiger charge is 2.29. The van der Waals surface area contributed by atoms with E-state index in [-0.39, 0.29) is 12.0 Å². The fourth-order valence-electron chi connectivity index (χ4n) is 2.10. The van der Waals surface area contributed by atoms with Gasteiger partial charge in [0.05, 0.1) is 0 Å². The van der Waals surface area contributed by atoms with E-state index >= 15 is 0 Å². The van der Waals surface area contributed by atoms with Crippen LogP contribution in [0.2, 0.25) is 0 Å². The molecule has 0 aliphatic carbocycles. The number of rotatable bonds is 2. The van der Waals surface area contributed by atoms with E-state index in [1.165, 1.54) is 4.90 Å².